The van der Waals surface area contributed by atoms with Gasteiger partial charge in [-0.25, -0.2) is 4.79 Å². The molecule has 2 saturated heterocycles. The van der Waals surface area contributed by atoms with E-state index >= 15 is 0 Å². The van der Waals surface area contributed by atoms with Crippen LogP contribution < -0.4 is 5.32 Å². The zero-order chi connectivity index (χ0) is 19.9. The highest BCUT2D eigenvalue weighted by Gasteiger charge is 2.46. The van der Waals surface area contributed by atoms with Crippen LogP contribution in [-0.4, -0.2) is 52.7 Å². The van der Waals surface area contributed by atoms with E-state index in [4.69, 9.17) is 4.52 Å². The number of amides is 2. The van der Waals surface area contributed by atoms with Crippen LogP contribution in [0.1, 0.15) is 48.1 Å². The summed E-state index contributed by atoms with van der Waals surface area (Å²) >= 11 is 0. The van der Waals surface area contributed by atoms with Gasteiger partial charge in [-0.2, -0.15) is 4.98 Å². The third-order valence-corrected chi connectivity index (χ3v) is 6.45. The number of anilines is 1. The minimum atomic E-state index is -0.00482. The first-order valence-electron chi connectivity index (χ1n) is 9.99. The molecule has 7 heteroatoms. The van der Waals surface area contributed by atoms with Crippen molar-refractivity contribution in [3.05, 3.63) is 41.0 Å². The van der Waals surface area contributed by atoms with Crippen molar-refractivity contribution in [1.82, 2.24) is 19.9 Å². The van der Waals surface area contributed by atoms with Crippen molar-refractivity contribution in [2.24, 2.45) is 5.41 Å². The van der Waals surface area contributed by atoms with Gasteiger partial charge in [0.1, 0.15) is 0 Å². The van der Waals surface area contributed by atoms with Gasteiger partial charge in [-0.1, -0.05) is 11.2 Å². The molecule has 3 heterocycles. The van der Waals surface area contributed by atoms with Crippen molar-refractivity contribution in [3.63, 3.8) is 0 Å². The molecule has 2 amide bonds. The van der Waals surface area contributed by atoms with Gasteiger partial charge < -0.3 is 14.7 Å². The summed E-state index contributed by atoms with van der Waals surface area (Å²) in [6, 6.07) is 6.24. The van der Waals surface area contributed by atoms with Crippen LogP contribution in [-0.2, 0) is 0 Å². The monoisotopic (exact) mass is 383 g/mol. The van der Waals surface area contributed by atoms with E-state index in [9.17, 15) is 4.79 Å². The number of piperidine rings is 1. The van der Waals surface area contributed by atoms with E-state index in [1.807, 2.05) is 30.0 Å². The first kappa shape index (κ1) is 18.9. The van der Waals surface area contributed by atoms with E-state index in [0.29, 0.717) is 5.89 Å². The van der Waals surface area contributed by atoms with E-state index in [1.54, 1.807) is 0 Å². The molecule has 2 aliphatic heterocycles. The number of nitrogens with zero attached hydrogens (tertiary/aromatic N) is 4. The normalized spacial score (nSPS) is 22.0. The zero-order valence-electron chi connectivity index (χ0n) is 17.2. The number of hydrogen-bond donors (Lipinski definition) is 1. The molecule has 0 aliphatic carbocycles. The number of likely N-dealkylation sites (tertiary alicyclic amines) is 2. The molecule has 0 saturated carbocycles. The van der Waals surface area contributed by atoms with Crippen LogP contribution >= 0.6 is 0 Å². The van der Waals surface area contributed by atoms with Gasteiger partial charge in [0, 0.05) is 32.2 Å². The average Bonchev–Trinajstić information content (AvgIpc) is 3.22. The van der Waals surface area contributed by atoms with Crippen molar-refractivity contribution in [1.29, 1.82) is 0 Å². The smallest absolute Gasteiger partial charge is 0.321 e. The van der Waals surface area contributed by atoms with Crippen molar-refractivity contribution in [2.45, 2.75) is 46.1 Å². The predicted octanol–water partition coefficient (Wildman–Crippen LogP) is 3.69. The maximum Gasteiger partial charge on any atom is 0.321 e. The molecule has 2 fully saturated rings. The number of carbonyl (C=O) groups is 1. The summed E-state index contributed by atoms with van der Waals surface area (Å²) in [6.07, 6.45) is 3.03. The van der Waals surface area contributed by atoms with Gasteiger partial charge in [0.15, 0.2) is 5.82 Å². The number of benzene rings is 1. The largest absolute Gasteiger partial charge is 0.340 e. The number of rotatable bonds is 2. The number of aromatic nitrogens is 2. The van der Waals surface area contributed by atoms with E-state index < -0.39 is 0 Å². The lowest BCUT2D eigenvalue weighted by molar-refractivity contribution is 0.128. The van der Waals surface area contributed by atoms with Crippen LogP contribution in [0, 0.1) is 26.2 Å². The third kappa shape index (κ3) is 3.63. The van der Waals surface area contributed by atoms with Gasteiger partial charge in [0.2, 0.25) is 5.89 Å². The Bertz CT molecular complexity index is 869. The highest BCUT2D eigenvalue weighted by atomic mass is 16.5. The van der Waals surface area contributed by atoms with Crippen LogP contribution in [0.5, 0.6) is 0 Å². The second-order valence-electron chi connectivity index (χ2n) is 8.52. The molecule has 1 spiro atoms. The van der Waals surface area contributed by atoms with Gasteiger partial charge in [0.05, 0.1) is 6.04 Å². The molecular weight excluding hydrogens is 354 g/mol. The molecule has 1 atom stereocenters. The quantitative estimate of drug-likeness (QED) is 0.856. The fourth-order valence-corrected chi connectivity index (χ4v) is 4.58. The molecule has 1 aromatic carbocycles. The number of carbonyl (C=O) groups excluding carboxylic acids is 1. The Morgan fingerprint density at radius 2 is 1.96 bits per heavy atom. The second kappa shape index (κ2) is 7.20. The van der Waals surface area contributed by atoms with Gasteiger partial charge in [-0.3, -0.25) is 4.90 Å². The first-order valence-corrected chi connectivity index (χ1v) is 9.99. The lowest BCUT2D eigenvalue weighted by atomic mass is 9.76. The van der Waals surface area contributed by atoms with Crippen molar-refractivity contribution >= 4 is 11.7 Å². The Balaban J connectivity index is 1.36. The van der Waals surface area contributed by atoms with Crippen LogP contribution in [0.3, 0.4) is 0 Å². The minimum absolute atomic E-state index is 0.00482. The fourth-order valence-electron chi connectivity index (χ4n) is 4.58. The SMILES string of the molecule is Cc1nc(C2CC3(CCN(C(=O)Nc4ccc(C)c(C)c4)CC3)CN2C)no1. The lowest BCUT2D eigenvalue weighted by Gasteiger charge is -2.39. The Kier molecular flexibility index (Phi) is 4.87. The molecule has 7 nitrogen and oxygen atoms in total. The molecule has 2 aliphatic rings. The molecular formula is C21H29N5O2. The van der Waals surface area contributed by atoms with Crippen LogP contribution in [0.4, 0.5) is 10.5 Å². The van der Waals surface area contributed by atoms with E-state index in [1.165, 1.54) is 11.1 Å². The van der Waals surface area contributed by atoms with Crippen LogP contribution in [0.25, 0.3) is 0 Å². The fraction of sp³-hybridized carbons (Fsp3) is 0.571. The van der Waals surface area contributed by atoms with E-state index in [2.05, 4.69) is 41.3 Å². The first-order chi connectivity index (χ1) is 13.3. The minimum Gasteiger partial charge on any atom is -0.340 e. The Labute approximate surface area is 166 Å². The zero-order valence-corrected chi connectivity index (χ0v) is 17.2. The number of hydrogen-bond acceptors (Lipinski definition) is 5. The van der Waals surface area contributed by atoms with Crippen LogP contribution in [0.15, 0.2) is 22.7 Å². The summed E-state index contributed by atoms with van der Waals surface area (Å²) in [7, 11) is 2.13. The van der Waals surface area contributed by atoms with E-state index in [-0.39, 0.29) is 17.5 Å². The molecule has 0 radical (unpaired) electrons. The second-order valence-corrected chi connectivity index (χ2v) is 8.52. The van der Waals surface area contributed by atoms with Crippen molar-refractivity contribution in [2.75, 3.05) is 32.0 Å². The maximum atomic E-state index is 12.7. The molecule has 1 N–H and O–H groups in total. The highest BCUT2D eigenvalue weighted by Crippen LogP contribution is 2.47. The summed E-state index contributed by atoms with van der Waals surface area (Å²) in [5, 5.41) is 7.18. The standard InChI is InChI=1S/C21H29N5O2/c1-14-5-6-17(11-15(14)2)23-20(27)26-9-7-21(8-10-26)12-18(25(4)13-21)19-22-16(3)28-24-19/h5-6,11,18H,7-10,12-13H2,1-4H3,(H,23,27). The Hall–Kier alpha value is -2.41. The molecule has 150 valence electrons. The van der Waals surface area contributed by atoms with Gasteiger partial charge in [-0.05, 0) is 68.8 Å². The molecule has 1 unspecified atom stereocenters. The van der Waals surface area contributed by atoms with E-state index in [0.717, 1.165) is 50.4 Å². The Morgan fingerprint density at radius 1 is 1.21 bits per heavy atom. The summed E-state index contributed by atoms with van der Waals surface area (Å²) < 4.78 is 5.17. The lowest BCUT2D eigenvalue weighted by Crippen LogP contribution is -2.45. The summed E-state index contributed by atoms with van der Waals surface area (Å²) in [5.41, 5.74) is 3.51. The molecule has 1 aromatic heterocycles. The number of urea groups is 1. The summed E-state index contributed by atoms with van der Waals surface area (Å²) in [5.74, 6) is 1.40. The van der Waals surface area contributed by atoms with Gasteiger partial charge in [-0.15, -0.1) is 0 Å². The Morgan fingerprint density at radius 3 is 2.61 bits per heavy atom. The number of aryl methyl sites for hydroxylation is 3. The average molecular weight is 383 g/mol. The summed E-state index contributed by atoms with van der Waals surface area (Å²) in [6.45, 7) is 8.54. The molecule has 2 aromatic rings. The van der Waals surface area contributed by atoms with Crippen molar-refractivity contribution in [3.8, 4) is 0 Å². The molecule has 4 rings (SSSR count). The maximum absolute atomic E-state index is 12.7. The highest BCUT2D eigenvalue weighted by molar-refractivity contribution is 5.89. The predicted molar refractivity (Wildman–Crippen MR) is 107 cm³/mol. The van der Waals surface area contributed by atoms with Crippen LogP contribution in [0.2, 0.25) is 0 Å². The summed E-state index contributed by atoms with van der Waals surface area (Å²) in [4.78, 5) is 21.4. The van der Waals surface area contributed by atoms with Gasteiger partial charge >= 0.3 is 6.03 Å². The number of nitrogens with one attached hydrogen (secondary N) is 1. The molecule has 0 bridgehead atoms. The van der Waals surface area contributed by atoms with Crippen molar-refractivity contribution < 1.29 is 9.32 Å². The van der Waals surface area contributed by atoms with Gasteiger partial charge in [0.25, 0.3) is 0 Å². The molecule has 28 heavy (non-hydrogen) atoms. The third-order valence-electron chi connectivity index (χ3n) is 6.45. The topological polar surface area (TPSA) is 74.5 Å².